The molecule has 0 aromatic heterocycles. The third kappa shape index (κ3) is 3.74. The highest BCUT2D eigenvalue weighted by Crippen LogP contribution is 2.21. The van der Waals surface area contributed by atoms with E-state index in [-0.39, 0.29) is 24.2 Å². The monoisotopic (exact) mass is 317 g/mol. The van der Waals surface area contributed by atoms with Gasteiger partial charge in [-0.3, -0.25) is 15.0 Å². The lowest BCUT2D eigenvalue weighted by atomic mass is 9.88. The molecular formula is C18H27N3O2. The number of hydrogen-bond acceptors (Lipinski definition) is 4. The molecular weight excluding hydrogens is 290 g/mol. The van der Waals surface area contributed by atoms with Crippen molar-refractivity contribution in [3.8, 4) is 0 Å². The molecule has 2 aliphatic heterocycles. The predicted molar refractivity (Wildman–Crippen MR) is 90.0 cm³/mol. The van der Waals surface area contributed by atoms with E-state index in [0.717, 1.165) is 32.7 Å². The first-order valence-electron chi connectivity index (χ1n) is 8.49. The Morgan fingerprint density at radius 1 is 1.26 bits per heavy atom. The van der Waals surface area contributed by atoms with Gasteiger partial charge in [0.15, 0.2) is 0 Å². The maximum Gasteiger partial charge on any atom is 0.227 e. The van der Waals surface area contributed by atoms with Crippen molar-refractivity contribution in [1.29, 1.82) is 0 Å². The van der Waals surface area contributed by atoms with Gasteiger partial charge in [-0.05, 0) is 38.3 Å². The quantitative estimate of drug-likeness (QED) is 0.879. The first-order chi connectivity index (χ1) is 11.0. The number of rotatable bonds is 3. The summed E-state index contributed by atoms with van der Waals surface area (Å²) in [5.41, 5.74) is 3.77. The molecule has 2 aliphatic rings. The molecule has 2 heterocycles. The minimum absolute atomic E-state index is 0.0345. The van der Waals surface area contributed by atoms with Gasteiger partial charge < -0.3 is 10.1 Å². The summed E-state index contributed by atoms with van der Waals surface area (Å²) in [4.78, 5) is 14.9. The average Bonchev–Trinajstić information content (AvgIpc) is 2.54. The fraction of sp³-hybridized carbons (Fsp3) is 0.611. The number of benzene rings is 1. The second kappa shape index (κ2) is 6.99. The first kappa shape index (κ1) is 16.4. The van der Waals surface area contributed by atoms with E-state index in [4.69, 9.17) is 4.74 Å². The molecule has 5 heteroatoms. The van der Waals surface area contributed by atoms with Crippen LogP contribution >= 0.6 is 0 Å². The van der Waals surface area contributed by atoms with Gasteiger partial charge in [-0.2, -0.15) is 0 Å². The zero-order chi connectivity index (χ0) is 16.4. The summed E-state index contributed by atoms with van der Waals surface area (Å²) in [7, 11) is 0. The minimum atomic E-state index is -0.0729. The van der Waals surface area contributed by atoms with Crippen molar-refractivity contribution in [3.05, 3.63) is 34.9 Å². The van der Waals surface area contributed by atoms with Gasteiger partial charge >= 0.3 is 0 Å². The van der Waals surface area contributed by atoms with E-state index in [1.807, 2.05) is 0 Å². The van der Waals surface area contributed by atoms with E-state index < -0.39 is 0 Å². The van der Waals surface area contributed by atoms with E-state index in [9.17, 15) is 4.79 Å². The molecule has 1 aromatic carbocycles. The van der Waals surface area contributed by atoms with Crippen LogP contribution < -0.4 is 10.6 Å². The van der Waals surface area contributed by atoms with Crippen molar-refractivity contribution in [2.45, 2.75) is 39.5 Å². The van der Waals surface area contributed by atoms with Crippen molar-refractivity contribution < 1.29 is 9.53 Å². The summed E-state index contributed by atoms with van der Waals surface area (Å²) in [6, 6.07) is 6.61. The Labute approximate surface area is 138 Å². The molecule has 0 bridgehead atoms. The number of carbonyl (C=O) groups excluding carboxylic acids is 1. The van der Waals surface area contributed by atoms with E-state index in [1.54, 1.807) is 0 Å². The lowest BCUT2D eigenvalue weighted by Gasteiger charge is -2.42. The van der Waals surface area contributed by atoms with Crippen molar-refractivity contribution in [1.82, 2.24) is 15.5 Å². The van der Waals surface area contributed by atoms with Gasteiger partial charge in [0.1, 0.15) is 6.29 Å². The number of aryl methyl sites for hydroxylation is 2. The van der Waals surface area contributed by atoms with Crippen LogP contribution in [0.4, 0.5) is 0 Å². The summed E-state index contributed by atoms with van der Waals surface area (Å²) in [6.07, 6.45) is 0.708. The molecule has 0 aliphatic carbocycles. The lowest BCUT2D eigenvalue weighted by molar-refractivity contribution is -0.133. The summed E-state index contributed by atoms with van der Waals surface area (Å²) in [6.45, 7) is 9.49. The molecule has 3 unspecified atom stereocenters. The predicted octanol–water partition coefficient (Wildman–Crippen LogP) is 1.19. The Morgan fingerprint density at radius 3 is 2.70 bits per heavy atom. The molecule has 2 N–H and O–H groups in total. The Morgan fingerprint density at radius 2 is 2.00 bits per heavy atom. The van der Waals surface area contributed by atoms with E-state index in [0.29, 0.717) is 0 Å². The fourth-order valence-corrected chi connectivity index (χ4v) is 3.43. The summed E-state index contributed by atoms with van der Waals surface area (Å²) >= 11 is 0. The van der Waals surface area contributed by atoms with Gasteiger partial charge in [0.2, 0.25) is 5.91 Å². The molecule has 126 valence electrons. The second-order valence-electron chi connectivity index (χ2n) is 6.76. The summed E-state index contributed by atoms with van der Waals surface area (Å²) in [5.74, 6) is 0.112. The van der Waals surface area contributed by atoms with Crippen LogP contribution in [0.15, 0.2) is 18.2 Å². The van der Waals surface area contributed by atoms with Gasteiger partial charge in [-0.25, -0.2) is 0 Å². The number of morpholine rings is 1. The Hall–Kier alpha value is -1.43. The van der Waals surface area contributed by atoms with Gasteiger partial charge in [0.25, 0.3) is 0 Å². The molecule has 3 atom stereocenters. The number of carbonyl (C=O) groups is 1. The number of hydrogen-bond donors (Lipinski definition) is 2. The highest BCUT2D eigenvalue weighted by molar-refractivity contribution is 5.80. The van der Waals surface area contributed by atoms with E-state index in [1.165, 1.54) is 16.7 Å². The number of ether oxygens (including phenoxy) is 1. The van der Waals surface area contributed by atoms with Crippen LogP contribution in [0.3, 0.4) is 0 Å². The molecule has 2 saturated heterocycles. The highest BCUT2D eigenvalue weighted by Gasteiger charge is 2.36. The van der Waals surface area contributed by atoms with Crippen LogP contribution in [0.1, 0.15) is 23.6 Å². The van der Waals surface area contributed by atoms with Crippen molar-refractivity contribution in [3.63, 3.8) is 0 Å². The van der Waals surface area contributed by atoms with Crippen molar-refractivity contribution in [2.24, 2.45) is 5.92 Å². The fourth-order valence-electron chi connectivity index (χ4n) is 3.43. The van der Waals surface area contributed by atoms with Crippen LogP contribution in [0.5, 0.6) is 0 Å². The molecule has 5 nitrogen and oxygen atoms in total. The van der Waals surface area contributed by atoms with Crippen LogP contribution in [0.2, 0.25) is 0 Å². The maximum absolute atomic E-state index is 12.6. The van der Waals surface area contributed by atoms with Crippen LogP contribution in [-0.4, -0.2) is 49.4 Å². The normalized spacial score (nSPS) is 29.3. The van der Waals surface area contributed by atoms with Crippen molar-refractivity contribution >= 4 is 5.91 Å². The first-order valence-corrected chi connectivity index (χ1v) is 8.49. The molecule has 1 aromatic rings. The van der Waals surface area contributed by atoms with E-state index >= 15 is 0 Å². The smallest absolute Gasteiger partial charge is 0.227 e. The van der Waals surface area contributed by atoms with Crippen LogP contribution in [0.25, 0.3) is 0 Å². The second-order valence-corrected chi connectivity index (χ2v) is 6.76. The van der Waals surface area contributed by atoms with Crippen molar-refractivity contribution in [2.75, 3.05) is 26.3 Å². The molecule has 23 heavy (non-hydrogen) atoms. The molecule has 2 fully saturated rings. The summed E-state index contributed by atoms with van der Waals surface area (Å²) < 4.78 is 5.39. The molecule has 0 saturated carbocycles. The number of amides is 1. The highest BCUT2D eigenvalue weighted by atomic mass is 16.5. The average molecular weight is 317 g/mol. The maximum atomic E-state index is 12.6. The van der Waals surface area contributed by atoms with E-state index in [2.05, 4.69) is 54.5 Å². The van der Waals surface area contributed by atoms with Gasteiger partial charge in [-0.1, -0.05) is 23.8 Å². The van der Waals surface area contributed by atoms with Crippen LogP contribution in [-0.2, 0) is 16.0 Å². The molecule has 3 rings (SSSR count). The van der Waals surface area contributed by atoms with Gasteiger partial charge in [-0.15, -0.1) is 0 Å². The molecule has 0 spiro atoms. The topological polar surface area (TPSA) is 53.6 Å². The lowest BCUT2D eigenvalue weighted by Crippen LogP contribution is -2.68. The third-order valence-corrected chi connectivity index (χ3v) is 5.00. The Kier molecular flexibility index (Phi) is 4.99. The third-order valence-electron chi connectivity index (χ3n) is 5.00. The largest absolute Gasteiger partial charge is 0.379 e. The molecule has 1 amide bonds. The zero-order valence-electron chi connectivity index (χ0n) is 14.3. The van der Waals surface area contributed by atoms with Gasteiger partial charge in [0.05, 0.1) is 19.1 Å². The number of nitrogens with zero attached hydrogens (tertiary/aromatic N) is 1. The minimum Gasteiger partial charge on any atom is -0.379 e. The van der Waals surface area contributed by atoms with Crippen LogP contribution in [0, 0.1) is 19.8 Å². The Balaban J connectivity index is 1.68. The van der Waals surface area contributed by atoms with Gasteiger partial charge in [0, 0.05) is 19.1 Å². The SMILES string of the molecule is Cc1ccc(C)c(CC2C(=O)NC(N3CCOCC3)NC2C)c1. The standard InChI is InChI=1S/C18H27N3O2/c1-12-4-5-13(2)15(10-12)11-16-14(3)19-18(20-17(16)22)21-6-8-23-9-7-21/h4-5,10,14,16,18-19H,6-9,11H2,1-3H3,(H,20,22). The Bertz CT molecular complexity index is 569. The zero-order valence-corrected chi connectivity index (χ0v) is 14.3. The summed E-state index contributed by atoms with van der Waals surface area (Å²) in [5, 5.41) is 6.70. The molecule has 0 radical (unpaired) electrons. The number of nitrogens with one attached hydrogen (secondary N) is 2.